The van der Waals surface area contributed by atoms with Crippen LogP contribution in [0.3, 0.4) is 0 Å². The van der Waals surface area contributed by atoms with E-state index < -0.39 is 0 Å². The number of hydrogen-bond donors (Lipinski definition) is 1. The van der Waals surface area contributed by atoms with Crippen molar-refractivity contribution < 1.29 is 0 Å². The van der Waals surface area contributed by atoms with Crippen LogP contribution in [-0.4, -0.2) is 17.0 Å². The Hall–Kier alpha value is -1.42. The molecule has 0 saturated carbocycles. The number of rotatable bonds is 4. The highest BCUT2D eigenvalue weighted by Crippen LogP contribution is 2.19. The molecule has 0 aliphatic carbocycles. The van der Waals surface area contributed by atoms with E-state index in [4.69, 9.17) is 0 Å². The Morgan fingerprint density at radius 3 is 2.68 bits per heavy atom. The summed E-state index contributed by atoms with van der Waals surface area (Å²) in [6.45, 7) is 4.17. The molecule has 0 saturated heterocycles. The first kappa shape index (κ1) is 14.0. The zero-order valence-electron chi connectivity index (χ0n) is 11.5. The van der Waals surface area contributed by atoms with Gasteiger partial charge in [-0.3, -0.25) is 0 Å². The molecule has 0 amide bonds. The van der Waals surface area contributed by atoms with Crippen molar-refractivity contribution in [3.63, 3.8) is 0 Å². The van der Waals surface area contributed by atoms with Crippen molar-refractivity contribution >= 4 is 21.7 Å². The van der Waals surface area contributed by atoms with E-state index >= 15 is 0 Å². The zero-order chi connectivity index (χ0) is 13.8. The van der Waals surface area contributed by atoms with Crippen molar-refractivity contribution in [1.82, 2.24) is 9.97 Å². The molecule has 0 aliphatic heterocycles. The van der Waals surface area contributed by atoms with Crippen LogP contribution in [0.4, 0.5) is 5.82 Å². The first-order valence-electron chi connectivity index (χ1n) is 6.42. The minimum absolute atomic E-state index is 0.749. The largest absolute Gasteiger partial charge is 0.373 e. The number of anilines is 1. The number of benzene rings is 1. The molecule has 0 radical (unpaired) electrons. The van der Waals surface area contributed by atoms with Gasteiger partial charge in [0.2, 0.25) is 0 Å². The van der Waals surface area contributed by atoms with E-state index in [0.29, 0.717) is 0 Å². The average Bonchev–Trinajstić information content (AvgIpc) is 2.38. The maximum atomic E-state index is 4.61. The van der Waals surface area contributed by atoms with Crippen molar-refractivity contribution in [2.75, 3.05) is 12.4 Å². The molecule has 1 heterocycles. The Kier molecular flexibility index (Phi) is 4.53. The first-order chi connectivity index (χ1) is 9.13. The average molecular weight is 320 g/mol. The molecule has 2 rings (SSSR count). The molecular weight excluding hydrogens is 302 g/mol. The standard InChI is InChI=1S/C15H18BrN3/c1-4-13-10(2)18-14(19-15(13)17-3)9-11-6-5-7-12(16)8-11/h5-8H,4,9H2,1-3H3,(H,17,18,19). The van der Waals surface area contributed by atoms with Gasteiger partial charge in [0.15, 0.2) is 0 Å². The maximum Gasteiger partial charge on any atom is 0.135 e. The third-order valence-corrected chi connectivity index (χ3v) is 3.60. The second kappa shape index (κ2) is 6.15. The molecule has 2 aromatic rings. The monoisotopic (exact) mass is 319 g/mol. The van der Waals surface area contributed by atoms with E-state index in [0.717, 1.165) is 34.7 Å². The summed E-state index contributed by atoms with van der Waals surface area (Å²) in [6.07, 6.45) is 1.69. The third kappa shape index (κ3) is 3.32. The van der Waals surface area contributed by atoms with E-state index in [1.807, 2.05) is 26.1 Å². The number of nitrogens with one attached hydrogen (secondary N) is 1. The molecule has 100 valence electrons. The first-order valence-corrected chi connectivity index (χ1v) is 7.22. The van der Waals surface area contributed by atoms with Crippen LogP contribution in [-0.2, 0) is 12.8 Å². The van der Waals surface area contributed by atoms with Gasteiger partial charge in [0.1, 0.15) is 11.6 Å². The molecule has 19 heavy (non-hydrogen) atoms. The number of nitrogens with zero attached hydrogens (tertiary/aromatic N) is 2. The van der Waals surface area contributed by atoms with Crippen LogP contribution in [0, 0.1) is 6.92 Å². The summed E-state index contributed by atoms with van der Waals surface area (Å²) in [4.78, 5) is 9.22. The number of halogens is 1. The Morgan fingerprint density at radius 1 is 1.26 bits per heavy atom. The van der Waals surface area contributed by atoms with Crippen LogP contribution in [0.2, 0.25) is 0 Å². The molecule has 0 fully saturated rings. The van der Waals surface area contributed by atoms with Gasteiger partial charge >= 0.3 is 0 Å². The Bertz CT molecular complexity index is 582. The van der Waals surface area contributed by atoms with Crippen LogP contribution >= 0.6 is 15.9 Å². The molecular formula is C15H18BrN3. The molecule has 1 aromatic carbocycles. The van der Waals surface area contributed by atoms with E-state index in [9.17, 15) is 0 Å². The molecule has 0 aliphatic rings. The second-order valence-electron chi connectivity index (χ2n) is 4.46. The van der Waals surface area contributed by atoms with Crippen LogP contribution in [0.25, 0.3) is 0 Å². The lowest BCUT2D eigenvalue weighted by molar-refractivity contribution is 0.907. The minimum Gasteiger partial charge on any atom is -0.373 e. The topological polar surface area (TPSA) is 37.8 Å². The minimum atomic E-state index is 0.749. The molecule has 0 bridgehead atoms. The van der Waals surface area contributed by atoms with Crippen LogP contribution in [0.5, 0.6) is 0 Å². The van der Waals surface area contributed by atoms with Crippen LogP contribution < -0.4 is 5.32 Å². The lowest BCUT2D eigenvalue weighted by Gasteiger charge is -2.11. The van der Waals surface area contributed by atoms with Gasteiger partial charge in [-0.1, -0.05) is 35.0 Å². The summed E-state index contributed by atoms with van der Waals surface area (Å²) in [5.41, 5.74) is 3.47. The summed E-state index contributed by atoms with van der Waals surface area (Å²) in [6, 6.07) is 8.25. The predicted octanol–water partition coefficient (Wildman–Crippen LogP) is 3.74. The highest BCUT2D eigenvalue weighted by molar-refractivity contribution is 9.10. The van der Waals surface area contributed by atoms with Gasteiger partial charge < -0.3 is 5.32 Å². The van der Waals surface area contributed by atoms with Gasteiger partial charge in [-0.05, 0) is 31.0 Å². The Balaban J connectivity index is 2.33. The summed E-state index contributed by atoms with van der Waals surface area (Å²) in [5.74, 6) is 1.80. The van der Waals surface area contributed by atoms with E-state index in [2.05, 4.69) is 50.3 Å². The molecule has 0 atom stereocenters. The number of hydrogen-bond acceptors (Lipinski definition) is 3. The molecule has 1 N–H and O–H groups in total. The number of aryl methyl sites for hydroxylation is 1. The van der Waals surface area contributed by atoms with Crippen molar-refractivity contribution in [3.8, 4) is 0 Å². The fraction of sp³-hybridized carbons (Fsp3) is 0.333. The highest BCUT2D eigenvalue weighted by atomic mass is 79.9. The van der Waals surface area contributed by atoms with Gasteiger partial charge in [0, 0.05) is 29.2 Å². The van der Waals surface area contributed by atoms with Crippen molar-refractivity contribution in [1.29, 1.82) is 0 Å². The summed E-state index contributed by atoms with van der Waals surface area (Å²) in [5, 5.41) is 3.16. The van der Waals surface area contributed by atoms with Crippen molar-refractivity contribution in [2.24, 2.45) is 0 Å². The van der Waals surface area contributed by atoms with Crippen molar-refractivity contribution in [2.45, 2.75) is 26.7 Å². The van der Waals surface area contributed by atoms with Gasteiger partial charge in [0.05, 0.1) is 0 Å². The third-order valence-electron chi connectivity index (χ3n) is 3.10. The van der Waals surface area contributed by atoms with E-state index in [1.165, 1.54) is 11.1 Å². The molecule has 4 heteroatoms. The fourth-order valence-electron chi connectivity index (χ4n) is 2.19. The molecule has 0 unspecified atom stereocenters. The Labute approximate surface area is 122 Å². The van der Waals surface area contributed by atoms with Gasteiger partial charge in [-0.25, -0.2) is 9.97 Å². The quantitative estimate of drug-likeness (QED) is 0.932. The molecule has 1 aromatic heterocycles. The van der Waals surface area contributed by atoms with Gasteiger partial charge in [-0.15, -0.1) is 0 Å². The molecule has 3 nitrogen and oxygen atoms in total. The predicted molar refractivity (Wildman–Crippen MR) is 82.6 cm³/mol. The zero-order valence-corrected chi connectivity index (χ0v) is 13.1. The smallest absolute Gasteiger partial charge is 0.135 e. The SMILES string of the molecule is CCc1c(C)nc(Cc2cccc(Br)c2)nc1NC. The normalized spacial score (nSPS) is 10.5. The van der Waals surface area contributed by atoms with Gasteiger partial charge in [0.25, 0.3) is 0 Å². The van der Waals surface area contributed by atoms with Crippen LogP contribution in [0.1, 0.15) is 29.6 Å². The Morgan fingerprint density at radius 2 is 2.05 bits per heavy atom. The maximum absolute atomic E-state index is 4.61. The van der Waals surface area contributed by atoms with E-state index in [1.54, 1.807) is 0 Å². The second-order valence-corrected chi connectivity index (χ2v) is 5.38. The lowest BCUT2D eigenvalue weighted by Crippen LogP contribution is -2.07. The highest BCUT2D eigenvalue weighted by Gasteiger charge is 2.09. The summed E-state index contributed by atoms with van der Waals surface area (Å²) in [7, 11) is 1.91. The van der Waals surface area contributed by atoms with Crippen molar-refractivity contribution in [3.05, 3.63) is 51.4 Å². The molecule has 0 spiro atoms. The lowest BCUT2D eigenvalue weighted by atomic mass is 10.1. The summed E-state index contributed by atoms with van der Waals surface area (Å²) < 4.78 is 1.08. The van der Waals surface area contributed by atoms with Gasteiger partial charge in [-0.2, -0.15) is 0 Å². The fourth-order valence-corrected chi connectivity index (χ4v) is 2.64. The van der Waals surface area contributed by atoms with Crippen LogP contribution in [0.15, 0.2) is 28.7 Å². The number of aromatic nitrogens is 2. The van der Waals surface area contributed by atoms with E-state index in [-0.39, 0.29) is 0 Å². The summed E-state index contributed by atoms with van der Waals surface area (Å²) >= 11 is 3.49.